The maximum atomic E-state index is 12.8. The second-order valence-corrected chi connectivity index (χ2v) is 8.16. The molecule has 0 spiro atoms. The van der Waals surface area contributed by atoms with Crippen LogP contribution in [0.3, 0.4) is 0 Å². The SMILES string of the molecule is CN(C)CCCNc1cc(NC(=O)c2cc(Cl)c(Cl)s2)cn(CCF)c1=O. The molecule has 148 valence electrons. The van der Waals surface area contributed by atoms with E-state index in [-0.39, 0.29) is 12.1 Å². The maximum Gasteiger partial charge on any atom is 0.274 e. The lowest BCUT2D eigenvalue weighted by atomic mass is 10.3. The Kier molecular flexibility index (Phi) is 8.09. The van der Waals surface area contributed by atoms with Gasteiger partial charge in [-0.3, -0.25) is 9.59 Å². The Morgan fingerprint density at radius 3 is 2.67 bits per heavy atom. The van der Waals surface area contributed by atoms with Crippen molar-refractivity contribution < 1.29 is 9.18 Å². The summed E-state index contributed by atoms with van der Waals surface area (Å²) in [5, 5.41) is 6.06. The van der Waals surface area contributed by atoms with Crippen LogP contribution >= 0.6 is 34.5 Å². The zero-order chi connectivity index (χ0) is 20.0. The fourth-order valence-electron chi connectivity index (χ4n) is 2.36. The van der Waals surface area contributed by atoms with Crippen LogP contribution < -0.4 is 16.2 Å². The molecule has 0 aliphatic carbocycles. The Labute approximate surface area is 170 Å². The van der Waals surface area contributed by atoms with Crippen molar-refractivity contribution in [2.24, 2.45) is 0 Å². The first-order valence-electron chi connectivity index (χ1n) is 8.27. The molecule has 0 fully saturated rings. The number of nitrogens with one attached hydrogen (secondary N) is 2. The van der Waals surface area contributed by atoms with Crippen LogP contribution in [0.4, 0.5) is 15.8 Å². The molecule has 27 heavy (non-hydrogen) atoms. The first-order chi connectivity index (χ1) is 12.8. The van der Waals surface area contributed by atoms with Crippen molar-refractivity contribution in [3.8, 4) is 0 Å². The third-order valence-corrected chi connectivity index (χ3v) is 5.50. The lowest BCUT2D eigenvalue weighted by Gasteiger charge is -2.14. The number of aromatic nitrogens is 1. The molecule has 0 aliphatic heterocycles. The van der Waals surface area contributed by atoms with Gasteiger partial charge in [-0.1, -0.05) is 23.2 Å². The van der Waals surface area contributed by atoms with Crippen LogP contribution in [-0.4, -0.2) is 49.2 Å². The highest BCUT2D eigenvalue weighted by molar-refractivity contribution is 7.18. The number of carbonyl (C=O) groups excluding carboxylic acids is 1. The number of carbonyl (C=O) groups is 1. The molecule has 0 bridgehead atoms. The predicted octanol–water partition coefficient (Wildman–Crippen LogP) is 3.80. The molecule has 2 aromatic rings. The third kappa shape index (κ3) is 6.21. The van der Waals surface area contributed by atoms with Crippen molar-refractivity contribution >= 4 is 51.8 Å². The first-order valence-corrected chi connectivity index (χ1v) is 9.84. The van der Waals surface area contributed by atoms with Crippen molar-refractivity contribution in [1.29, 1.82) is 0 Å². The summed E-state index contributed by atoms with van der Waals surface area (Å²) in [5.41, 5.74) is 0.351. The molecule has 10 heteroatoms. The Bertz CT molecular complexity index is 834. The predicted molar refractivity (Wildman–Crippen MR) is 111 cm³/mol. The standard InChI is InChI=1S/C17H21Cl2FN4O2S/c1-23(2)6-3-5-21-13-8-11(10-24(7-4-20)17(13)26)22-16(25)14-9-12(18)15(19)27-14/h8-10,21H,3-7H2,1-2H3,(H,22,25). The van der Waals surface area contributed by atoms with Crippen LogP contribution in [0.15, 0.2) is 23.1 Å². The van der Waals surface area contributed by atoms with Gasteiger partial charge in [-0.05, 0) is 39.2 Å². The highest BCUT2D eigenvalue weighted by Crippen LogP contribution is 2.32. The van der Waals surface area contributed by atoms with Crippen LogP contribution in [0.2, 0.25) is 9.36 Å². The summed E-state index contributed by atoms with van der Waals surface area (Å²) >= 11 is 12.8. The molecule has 0 aliphatic rings. The number of hydrogen-bond acceptors (Lipinski definition) is 5. The van der Waals surface area contributed by atoms with Gasteiger partial charge in [-0.2, -0.15) is 0 Å². The molecule has 0 radical (unpaired) electrons. The summed E-state index contributed by atoms with van der Waals surface area (Å²) in [4.78, 5) is 27.2. The van der Waals surface area contributed by atoms with E-state index in [2.05, 4.69) is 10.6 Å². The van der Waals surface area contributed by atoms with Crippen LogP contribution in [0.5, 0.6) is 0 Å². The summed E-state index contributed by atoms with van der Waals surface area (Å²) in [6.45, 7) is 0.664. The number of anilines is 2. The van der Waals surface area contributed by atoms with E-state index in [9.17, 15) is 14.0 Å². The molecule has 0 atom stereocenters. The molecule has 0 saturated carbocycles. The third-order valence-electron chi connectivity index (χ3n) is 3.64. The quantitative estimate of drug-likeness (QED) is 0.588. The minimum atomic E-state index is -0.687. The van der Waals surface area contributed by atoms with Crippen LogP contribution in [0, 0.1) is 0 Å². The molecular weight excluding hydrogens is 414 g/mol. The highest BCUT2D eigenvalue weighted by Gasteiger charge is 2.14. The Balaban J connectivity index is 2.19. The Hall–Kier alpha value is -1.61. The van der Waals surface area contributed by atoms with Gasteiger partial charge in [0.05, 0.1) is 22.1 Å². The van der Waals surface area contributed by atoms with Crippen molar-refractivity contribution in [3.05, 3.63) is 42.9 Å². The highest BCUT2D eigenvalue weighted by atomic mass is 35.5. The molecule has 0 unspecified atom stereocenters. The van der Waals surface area contributed by atoms with Gasteiger partial charge in [0.1, 0.15) is 16.7 Å². The topological polar surface area (TPSA) is 66.4 Å². The van der Waals surface area contributed by atoms with Crippen LogP contribution in [0.1, 0.15) is 16.1 Å². The lowest BCUT2D eigenvalue weighted by molar-refractivity contribution is 0.103. The molecule has 2 aromatic heterocycles. The van der Waals surface area contributed by atoms with Crippen LogP contribution in [0.25, 0.3) is 0 Å². The number of amides is 1. The van der Waals surface area contributed by atoms with E-state index >= 15 is 0 Å². The van der Waals surface area contributed by atoms with Crippen LogP contribution in [-0.2, 0) is 6.54 Å². The van der Waals surface area contributed by atoms with E-state index in [4.69, 9.17) is 23.2 Å². The largest absolute Gasteiger partial charge is 0.380 e. The molecule has 2 heterocycles. The van der Waals surface area contributed by atoms with Crippen molar-refractivity contribution in [3.63, 3.8) is 0 Å². The Morgan fingerprint density at radius 2 is 2.07 bits per heavy atom. The summed E-state index contributed by atoms with van der Waals surface area (Å²) in [6, 6.07) is 3.02. The zero-order valence-electron chi connectivity index (χ0n) is 15.0. The number of thiophene rings is 1. The number of alkyl halides is 1. The van der Waals surface area contributed by atoms with Gasteiger partial charge in [0.2, 0.25) is 0 Å². The van der Waals surface area contributed by atoms with E-state index < -0.39 is 12.6 Å². The van der Waals surface area contributed by atoms with Gasteiger partial charge >= 0.3 is 0 Å². The van der Waals surface area contributed by atoms with E-state index in [1.165, 1.54) is 16.8 Å². The van der Waals surface area contributed by atoms with Gasteiger partial charge in [-0.15, -0.1) is 11.3 Å². The van der Waals surface area contributed by atoms with Crippen molar-refractivity contribution in [1.82, 2.24) is 9.47 Å². The summed E-state index contributed by atoms with van der Waals surface area (Å²) in [5.74, 6) is -0.405. The number of nitrogens with zero attached hydrogens (tertiary/aromatic N) is 2. The Morgan fingerprint density at radius 1 is 1.33 bits per heavy atom. The monoisotopic (exact) mass is 434 g/mol. The second kappa shape index (κ2) is 10.1. The van der Waals surface area contributed by atoms with E-state index in [0.29, 0.717) is 32.2 Å². The first kappa shape index (κ1) is 21.7. The molecule has 1 amide bonds. The smallest absolute Gasteiger partial charge is 0.274 e. The van der Waals surface area contributed by atoms with Crippen molar-refractivity contribution in [2.45, 2.75) is 13.0 Å². The van der Waals surface area contributed by atoms with E-state index in [0.717, 1.165) is 24.3 Å². The lowest BCUT2D eigenvalue weighted by Crippen LogP contribution is -2.26. The van der Waals surface area contributed by atoms with E-state index in [1.54, 1.807) is 6.07 Å². The molecular formula is C17H21Cl2FN4O2S. The summed E-state index contributed by atoms with van der Waals surface area (Å²) < 4.78 is 14.4. The van der Waals surface area contributed by atoms with Crippen molar-refractivity contribution in [2.75, 3.05) is 44.5 Å². The van der Waals surface area contributed by atoms with E-state index in [1.807, 2.05) is 19.0 Å². The molecule has 6 nitrogen and oxygen atoms in total. The van der Waals surface area contributed by atoms with Gasteiger partial charge in [0.25, 0.3) is 11.5 Å². The number of aryl methyl sites for hydroxylation is 1. The second-order valence-electron chi connectivity index (χ2n) is 6.10. The molecule has 0 saturated heterocycles. The average Bonchev–Trinajstić information content (AvgIpc) is 2.94. The number of halogens is 3. The fraction of sp³-hybridized carbons (Fsp3) is 0.412. The molecule has 2 N–H and O–H groups in total. The van der Waals surface area contributed by atoms with Gasteiger partial charge in [0.15, 0.2) is 0 Å². The molecule has 0 aromatic carbocycles. The summed E-state index contributed by atoms with van der Waals surface area (Å²) in [7, 11) is 3.93. The zero-order valence-corrected chi connectivity index (χ0v) is 17.3. The van der Waals surface area contributed by atoms with Gasteiger partial charge < -0.3 is 20.1 Å². The number of rotatable bonds is 9. The van der Waals surface area contributed by atoms with Gasteiger partial charge in [-0.25, -0.2) is 4.39 Å². The normalized spacial score (nSPS) is 11.0. The minimum Gasteiger partial charge on any atom is -0.380 e. The maximum absolute atomic E-state index is 12.8. The number of hydrogen-bond donors (Lipinski definition) is 2. The summed E-state index contributed by atoms with van der Waals surface area (Å²) in [6.07, 6.45) is 2.25. The molecule has 2 rings (SSSR count). The minimum absolute atomic E-state index is 0.0917. The fourth-order valence-corrected chi connectivity index (χ4v) is 3.62. The number of pyridine rings is 1. The van der Waals surface area contributed by atoms with Gasteiger partial charge in [0, 0.05) is 12.7 Å². The average molecular weight is 435 g/mol.